The smallest absolute Gasteiger partial charge is 0.211 e. The normalized spacial score (nSPS) is 11.7. The third kappa shape index (κ3) is 3.58. The van der Waals surface area contributed by atoms with Gasteiger partial charge in [0.25, 0.3) is 0 Å². The molecule has 2 rings (SSSR count). The summed E-state index contributed by atoms with van der Waals surface area (Å²) in [6, 6.07) is 5.72. The Balaban J connectivity index is 2.18. The lowest BCUT2D eigenvalue weighted by atomic mass is 10.3. The van der Waals surface area contributed by atoms with Crippen LogP contribution in [-0.4, -0.2) is 34.4 Å². The van der Waals surface area contributed by atoms with Gasteiger partial charge in [-0.2, -0.15) is 4.68 Å². The number of hydrogen-bond acceptors (Lipinski definition) is 5. The first-order valence-corrected chi connectivity index (χ1v) is 7.67. The highest BCUT2D eigenvalue weighted by atomic mass is 32.2. The number of nitrogens with one attached hydrogen (secondary N) is 1. The molecule has 0 radical (unpaired) electrons. The number of aromatic nitrogens is 4. The molecule has 108 valence electrons. The van der Waals surface area contributed by atoms with Crippen molar-refractivity contribution >= 4 is 10.0 Å². The predicted molar refractivity (Wildman–Crippen MR) is 70.0 cm³/mol. The van der Waals surface area contributed by atoms with Crippen LogP contribution in [0.2, 0.25) is 0 Å². The van der Waals surface area contributed by atoms with Crippen LogP contribution in [0.3, 0.4) is 0 Å². The van der Waals surface area contributed by atoms with E-state index in [0.717, 1.165) is 0 Å². The van der Waals surface area contributed by atoms with E-state index in [2.05, 4.69) is 20.2 Å². The topological polar surface area (TPSA) is 89.8 Å². The molecule has 20 heavy (non-hydrogen) atoms. The minimum absolute atomic E-state index is 0.0362. The average molecular weight is 299 g/mol. The van der Waals surface area contributed by atoms with Gasteiger partial charge in [0.2, 0.25) is 10.0 Å². The molecule has 0 saturated heterocycles. The maximum Gasteiger partial charge on any atom is 0.211 e. The third-order valence-electron chi connectivity index (χ3n) is 2.51. The van der Waals surface area contributed by atoms with Crippen molar-refractivity contribution in [1.29, 1.82) is 0 Å². The first-order valence-electron chi connectivity index (χ1n) is 6.02. The fourth-order valence-electron chi connectivity index (χ4n) is 1.64. The van der Waals surface area contributed by atoms with Crippen molar-refractivity contribution in [2.24, 2.45) is 0 Å². The molecule has 0 saturated carbocycles. The monoisotopic (exact) mass is 299 g/mol. The van der Waals surface area contributed by atoms with Gasteiger partial charge in [0.1, 0.15) is 5.82 Å². The minimum Gasteiger partial charge on any atom is -0.212 e. The third-order valence-corrected chi connectivity index (χ3v) is 4.04. The summed E-state index contributed by atoms with van der Waals surface area (Å²) >= 11 is 0. The molecule has 1 heterocycles. The first-order chi connectivity index (χ1) is 9.52. The van der Waals surface area contributed by atoms with Gasteiger partial charge in [-0.05, 0) is 35.0 Å². The molecule has 1 N–H and O–H groups in total. The van der Waals surface area contributed by atoms with Gasteiger partial charge in [0, 0.05) is 0 Å². The Labute approximate surface area is 115 Å². The fraction of sp³-hybridized carbons (Fsp3) is 0.364. The lowest BCUT2D eigenvalue weighted by Gasteiger charge is -2.06. The zero-order valence-corrected chi connectivity index (χ0v) is 11.6. The highest BCUT2D eigenvalue weighted by Gasteiger charge is 2.13. The Hall–Kier alpha value is -1.87. The van der Waals surface area contributed by atoms with E-state index in [4.69, 9.17) is 0 Å². The number of rotatable bonds is 6. The van der Waals surface area contributed by atoms with Gasteiger partial charge in [-0.3, -0.25) is 0 Å². The van der Waals surface area contributed by atoms with Crippen LogP contribution in [0.4, 0.5) is 4.39 Å². The van der Waals surface area contributed by atoms with Gasteiger partial charge >= 0.3 is 0 Å². The van der Waals surface area contributed by atoms with Crippen LogP contribution in [0.25, 0.3) is 5.69 Å². The molecule has 0 amide bonds. The second kappa shape index (κ2) is 6.06. The van der Waals surface area contributed by atoms with Crippen LogP contribution < -0.4 is 4.72 Å². The van der Waals surface area contributed by atoms with E-state index in [-0.39, 0.29) is 18.1 Å². The first kappa shape index (κ1) is 14.5. The summed E-state index contributed by atoms with van der Waals surface area (Å²) in [6.45, 7) is 1.72. The van der Waals surface area contributed by atoms with E-state index in [1.165, 1.54) is 22.9 Å². The highest BCUT2D eigenvalue weighted by Crippen LogP contribution is 2.09. The van der Waals surface area contributed by atoms with E-state index in [9.17, 15) is 12.8 Å². The Morgan fingerprint density at radius 3 is 2.90 bits per heavy atom. The molecule has 0 spiro atoms. The second-order valence-corrected chi connectivity index (χ2v) is 6.05. The Bertz CT molecular complexity index is 686. The van der Waals surface area contributed by atoms with E-state index < -0.39 is 15.8 Å². The Morgan fingerprint density at radius 1 is 1.40 bits per heavy atom. The summed E-state index contributed by atoms with van der Waals surface area (Å²) in [4.78, 5) is 0. The van der Waals surface area contributed by atoms with Crippen molar-refractivity contribution in [3.8, 4) is 5.69 Å². The molecule has 0 bridgehead atoms. The van der Waals surface area contributed by atoms with Crippen molar-refractivity contribution in [2.45, 2.75) is 19.9 Å². The van der Waals surface area contributed by atoms with E-state index in [1.807, 2.05) is 0 Å². The number of tetrazole rings is 1. The number of nitrogens with zero attached hydrogens (tertiary/aromatic N) is 4. The quantitative estimate of drug-likeness (QED) is 0.845. The molecule has 0 aliphatic rings. The lowest BCUT2D eigenvalue weighted by molar-refractivity contribution is 0.576. The summed E-state index contributed by atoms with van der Waals surface area (Å²) in [7, 11) is -3.35. The van der Waals surface area contributed by atoms with Crippen molar-refractivity contribution < 1.29 is 12.8 Å². The largest absolute Gasteiger partial charge is 0.212 e. The SMILES string of the molecule is CCCS(=O)(=O)NCc1nnnn1-c1cccc(F)c1. The van der Waals surface area contributed by atoms with Gasteiger partial charge in [-0.1, -0.05) is 13.0 Å². The Morgan fingerprint density at radius 2 is 2.20 bits per heavy atom. The van der Waals surface area contributed by atoms with Gasteiger partial charge < -0.3 is 0 Å². The van der Waals surface area contributed by atoms with Crippen LogP contribution in [0, 0.1) is 5.82 Å². The summed E-state index contributed by atoms with van der Waals surface area (Å²) in [5.74, 6) is -0.0973. The molecule has 0 atom stereocenters. The molecule has 2 aromatic rings. The minimum atomic E-state index is -3.35. The second-order valence-electron chi connectivity index (χ2n) is 4.13. The molecular weight excluding hydrogens is 285 g/mol. The predicted octanol–water partition coefficient (Wildman–Crippen LogP) is 0.631. The van der Waals surface area contributed by atoms with E-state index >= 15 is 0 Å². The zero-order valence-electron chi connectivity index (χ0n) is 10.8. The molecule has 1 aromatic heterocycles. The lowest BCUT2D eigenvalue weighted by Crippen LogP contribution is -2.27. The van der Waals surface area contributed by atoms with E-state index in [1.54, 1.807) is 13.0 Å². The molecule has 0 aliphatic heterocycles. The van der Waals surface area contributed by atoms with Crippen molar-refractivity contribution in [1.82, 2.24) is 24.9 Å². The maximum absolute atomic E-state index is 13.2. The maximum atomic E-state index is 13.2. The molecule has 0 aliphatic carbocycles. The van der Waals surface area contributed by atoms with Gasteiger partial charge in [-0.25, -0.2) is 17.5 Å². The molecule has 7 nitrogen and oxygen atoms in total. The van der Waals surface area contributed by atoms with Crippen molar-refractivity contribution in [3.05, 3.63) is 35.9 Å². The summed E-state index contributed by atoms with van der Waals surface area (Å²) in [5.41, 5.74) is 0.430. The standard InChI is InChI=1S/C11H14FN5O2S/c1-2-6-20(18,19)13-8-11-14-15-16-17(11)10-5-3-4-9(12)7-10/h3-5,7,13H,2,6,8H2,1H3. The van der Waals surface area contributed by atoms with Crippen molar-refractivity contribution in [2.75, 3.05) is 5.75 Å². The Kier molecular flexibility index (Phi) is 4.40. The summed E-state index contributed by atoms with van der Waals surface area (Å²) < 4.78 is 40.0. The van der Waals surface area contributed by atoms with Crippen molar-refractivity contribution in [3.63, 3.8) is 0 Å². The van der Waals surface area contributed by atoms with Crippen LogP contribution in [0.1, 0.15) is 19.2 Å². The highest BCUT2D eigenvalue weighted by molar-refractivity contribution is 7.89. The van der Waals surface area contributed by atoms with Crippen LogP contribution in [-0.2, 0) is 16.6 Å². The van der Waals surface area contributed by atoms with Crippen LogP contribution in [0.5, 0.6) is 0 Å². The summed E-state index contributed by atoms with van der Waals surface area (Å²) in [6.07, 6.45) is 0.518. The zero-order chi connectivity index (χ0) is 14.6. The van der Waals surface area contributed by atoms with Gasteiger partial charge in [0.05, 0.1) is 18.0 Å². The number of hydrogen-bond donors (Lipinski definition) is 1. The molecule has 0 fully saturated rings. The molecule has 9 heteroatoms. The molecule has 1 aromatic carbocycles. The fourth-order valence-corrected chi connectivity index (χ4v) is 2.67. The van der Waals surface area contributed by atoms with Crippen LogP contribution in [0.15, 0.2) is 24.3 Å². The number of halogens is 1. The van der Waals surface area contributed by atoms with E-state index in [0.29, 0.717) is 12.1 Å². The molecular formula is C11H14FN5O2S. The van der Waals surface area contributed by atoms with Gasteiger partial charge in [-0.15, -0.1) is 5.10 Å². The number of benzene rings is 1. The number of sulfonamides is 1. The van der Waals surface area contributed by atoms with Crippen LogP contribution >= 0.6 is 0 Å². The molecule has 0 unspecified atom stereocenters. The average Bonchev–Trinajstić information content (AvgIpc) is 2.85. The van der Waals surface area contributed by atoms with Gasteiger partial charge in [0.15, 0.2) is 5.82 Å². The summed E-state index contributed by atoms with van der Waals surface area (Å²) in [5, 5.41) is 10.9.